The maximum absolute atomic E-state index is 11.2. The van der Waals surface area contributed by atoms with E-state index in [4.69, 9.17) is 5.41 Å². The highest BCUT2D eigenvalue weighted by Gasteiger charge is 2.21. The number of methoxy groups -OCH3 is 1. The Morgan fingerprint density at radius 3 is 2.14 bits per heavy atom. The maximum atomic E-state index is 11.2. The number of carbonyl (C=O) groups excluding carboxylic acids is 1. The molecule has 3 nitrogen and oxygen atoms in total. The summed E-state index contributed by atoms with van der Waals surface area (Å²) in [5.74, 6) is -0.307. The summed E-state index contributed by atoms with van der Waals surface area (Å²) in [5, 5.41) is 7.68. The normalized spacial score (nSPS) is 19.5. The molecule has 14 heavy (non-hydrogen) atoms. The third-order valence-corrected chi connectivity index (χ3v) is 2.92. The van der Waals surface area contributed by atoms with Gasteiger partial charge in [0.25, 0.3) is 0 Å². The van der Waals surface area contributed by atoms with Gasteiger partial charge in [0, 0.05) is 5.92 Å². The predicted octanol–water partition coefficient (Wildman–Crippen LogP) is 2.54. The Kier molecular flexibility index (Phi) is 4.63. The Hall–Kier alpha value is -0.860. The predicted molar refractivity (Wildman–Crippen MR) is 55.6 cm³/mol. The fourth-order valence-corrected chi connectivity index (χ4v) is 2.02. The summed E-state index contributed by atoms with van der Waals surface area (Å²) in [6.45, 7) is 0. The SMILES string of the molecule is COC(=O)C(=N)C1CCCCCCC1. The van der Waals surface area contributed by atoms with E-state index in [9.17, 15) is 4.79 Å². The molecule has 0 spiro atoms. The Balaban J connectivity index is 2.47. The van der Waals surface area contributed by atoms with Gasteiger partial charge in [-0.3, -0.25) is 5.41 Å². The zero-order valence-electron chi connectivity index (χ0n) is 8.84. The van der Waals surface area contributed by atoms with E-state index < -0.39 is 5.97 Å². The molecule has 1 saturated carbocycles. The van der Waals surface area contributed by atoms with E-state index in [0.717, 1.165) is 25.7 Å². The highest BCUT2D eigenvalue weighted by Crippen LogP contribution is 2.23. The highest BCUT2D eigenvalue weighted by atomic mass is 16.5. The molecule has 0 unspecified atom stereocenters. The van der Waals surface area contributed by atoms with Gasteiger partial charge in [0.05, 0.1) is 7.11 Å². The molecule has 0 atom stereocenters. The largest absolute Gasteiger partial charge is 0.465 e. The molecule has 80 valence electrons. The molecule has 1 aliphatic rings. The summed E-state index contributed by atoms with van der Waals surface area (Å²) < 4.78 is 4.57. The van der Waals surface area contributed by atoms with E-state index in [0.29, 0.717) is 0 Å². The minimum absolute atomic E-state index is 0.141. The molecule has 0 aromatic heterocycles. The molecule has 1 rings (SSSR count). The number of carbonyl (C=O) groups is 1. The smallest absolute Gasteiger partial charge is 0.351 e. The van der Waals surface area contributed by atoms with E-state index >= 15 is 0 Å². The summed E-state index contributed by atoms with van der Waals surface area (Å²) >= 11 is 0. The average Bonchev–Trinajstić information content (AvgIpc) is 2.15. The van der Waals surface area contributed by atoms with Crippen LogP contribution in [-0.2, 0) is 9.53 Å². The number of nitrogens with one attached hydrogen (secondary N) is 1. The van der Waals surface area contributed by atoms with Crippen LogP contribution in [0.5, 0.6) is 0 Å². The molecule has 0 amide bonds. The summed E-state index contributed by atoms with van der Waals surface area (Å²) in [4.78, 5) is 11.2. The van der Waals surface area contributed by atoms with Crippen molar-refractivity contribution in [3.05, 3.63) is 0 Å². The van der Waals surface area contributed by atoms with Crippen molar-refractivity contribution >= 4 is 11.7 Å². The van der Waals surface area contributed by atoms with Crippen molar-refractivity contribution in [2.24, 2.45) is 5.92 Å². The molecule has 0 aliphatic heterocycles. The van der Waals surface area contributed by atoms with Crippen LogP contribution in [0.25, 0.3) is 0 Å². The van der Waals surface area contributed by atoms with Crippen LogP contribution in [0.2, 0.25) is 0 Å². The molecule has 0 bridgehead atoms. The van der Waals surface area contributed by atoms with Gasteiger partial charge in [-0.15, -0.1) is 0 Å². The minimum atomic E-state index is -0.449. The van der Waals surface area contributed by atoms with E-state index in [1.54, 1.807) is 0 Å². The lowest BCUT2D eigenvalue weighted by Crippen LogP contribution is -2.24. The van der Waals surface area contributed by atoms with E-state index in [2.05, 4.69) is 4.74 Å². The summed E-state index contributed by atoms with van der Waals surface area (Å²) in [5.41, 5.74) is 0.175. The lowest BCUT2D eigenvalue weighted by molar-refractivity contribution is -0.133. The Bertz CT molecular complexity index is 205. The van der Waals surface area contributed by atoms with Gasteiger partial charge in [0.15, 0.2) is 0 Å². The molecule has 1 fully saturated rings. The standard InChI is InChI=1S/C11H19NO2/c1-14-11(13)10(12)9-7-5-3-2-4-6-8-9/h9,12H,2-8H2,1H3. The molecule has 1 aliphatic carbocycles. The zero-order chi connectivity index (χ0) is 10.4. The number of esters is 1. The molecule has 0 radical (unpaired) electrons. The van der Waals surface area contributed by atoms with Crippen LogP contribution in [0.3, 0.4) is 0 Å². The van der Waals surface area contributed by atoms with Crippen LogP contribution >= 0.6 is 0 Å². The van der Waals surface area contributed by atoms with Crippen LogP contribution in [0.1, 0.15) is 44.9 Å². The van der Waals surface area contributed by atoms with Crippen LogP contribution in [-0.4, -0.2) is 18.8 Å². The topological polar surface area (TPSA) is 50.2 Å². The third-order valence-electron chi connectivity index (χ3n) is 2.92. The first kappa shape index (κ1) is 11.2. The van der Waals surface area contributed by atoms with E-state index in [-0.39, 0.29) is 11.6 Å². The first-order valence-electron chi connectivity index (χ1n) is 5.42. The summed E-state index contributed by atoms with van der Waals surface area (Å²) in [7, 11) is 1.35. The van der Waals surface area contributed by atoms with Gasteiger partial charge in [-0.2, -0.15) is 0 Å². The van der Waals surface area contributed by atoms with Gasteiger partial charge in [0.2, 0.25) is 0 Å². The Labute approximate surface area is 85.3 Å². The lowest BCUT2D eigenvalue weighted by atomic mass is 9.88. The molecule has 1 N–H and O–H groups in total. The minimum Gasteiger partial charge on any atom is -0.465 e. The van der Waals surface area contributed by atoms with Gasteiger partial charge in [-0.25, -0.2) is 4.79 Å². The third kappa shape index (κ3) is 3.13. The molecular formula is C11H19NO2. The van der Waals surface area contributed by atoms with E-state index in [1.165, 1.54) is 26.4 Å². The van der Waals surface area contributed by atoms with Crippen molar-refractivity contribution in [1.29, 1.82) is 5.41 Å². The fraction of sp³-hybridized carbons (Fsp3) is 0.818. The molecule has 3 heteroatoms. The van der Waals surface area contributed by atoms with Gasteiger partial charge in [-0.05, 0) is 12.8 Å². The molecule has 0 saturated heterocycles. The van der Waals surface area contributed by atoms with Crippen LogP contribution in [0.15, 0.2) is 0 Å². The first-order chi connectivity index (χ1) is 6.75. The zero-order valence-corrected chi connectivity index (χ0v) is 8.84. The molecule has 0 aromatic carbocycles. The second-order valence-electron chi connectivity index (χ2n) is 3.95. The van der Waals surface area contributed by atoms with Crippen molar-refractivity contribution in [3.8, 4) is 0 Å². The maximum Gasteiger partial charge on any atom is 0.351 e. The van der Waals surface area contributed by atoms with Gasteiger partial charge < -0.3 is 4.74 Å². The summed E-state index contributed by atoms with van der Waals surface area (Å²) in [6, 6.07) is 0. The number of hydrogen-bond donors (Lipinski definition) is 1. The summed E-state index contributed by atoms with van der Waals surface area (Å²) in [6.07, 6.45) is 8.03. The Morgan fingerprint density at radius 2 is 1.64 bits per heavy atom. The second kappa shape index (κ2) is 5.78. The van der Waals surface area contributed by atoms with Crippen LogP contribution in [0, 0.1) is 11.3 Å². The van der Waals surface area contributed by atoms with Crippen molar-refractivity contribution in [2.75, 3.05) is 7.11 Å². The van der Waals surface area contributed by atoms with Crippen molar-refractivity contribution in [1.82, 2.24) is 0 Å². The average molecular weight is 197 g/mol. The number of rotatable bonds is 2. The first-order valence-corrected chi connectivity index (χ1v) is 5.42. The highest BCUT2D eigenvalue weighted by molar-refractivity contribution is 6.35. The van der Waals surface area contributed by atoms with Crippen molar-refractivity contribution < 1.29 is 9.53 Å². The van der Waals surface area contributed by atoms with Crippen molar-refractivity contribution in [2.45, 2.75) is 44.9 Å². The number of hydrogen-bond acceptors (Lipinski definition) is 3. The van der Waals surface area contributed by atoms with Gasteiger partial charge in [0.1, 0.15) is 5.71 Å². The molecule has 0 aromatic rings. The number of ether oxygens (including phenoxy) is 1. The fourth-order valence-electron chi connectivity index (χ4n) is 2.02. The van der Waals surface area contributed by atoms with Gasteiger partial charge in [-0.1, -0.05) is 32.1 Å². The van der Waals surface area contributed by atoms with Gasteiger partial charge >= 0.3 is 5.97 Å². The van der Waals surface area contributed by atoms with E-state index in [1.807, 2.05) is 0 Å². The lowest BCUT2D eigenvalue weighted by Gasteiger charge is -2.18. The quantitative estimate of drug-likeness (QED) is 0.546. The Morgan fingerprint density at radius 1 is 1.14 bits per heavy atom. The monoisotopic (exact) mass is 197 g/mol. The second-order valence-corrected chi connectivity index (χ2v) is 3.95. The van der Waals surface area contributed by atoms with Crippen LogP contribution in [0.4, 0.5) is 0 Å². The van der Waals surface area contributed by atoms with Crippen molar-refractivity contribution in [3.63, 3.8) is 0 Å². The molecular weight excluding hydrogens is 178 g/mol. The van der Waals surface area contributed by atoms with Crippen LogP contribution < -0.4 is 0 Å². The molecule has 0 heterocycles.